The van der Waals surface area contributed by atoms with Crippen LogP contribution in [-0.2, 0) is 23.7 Å². The Morgan fingerprint density at radius 3 is 1.07 bits per heavy atom. The molecule has 2 aliphatic rings. The van der Waals surface area contributed by atoms with Gasteiger partial charge in [-0.15, -0.1) is 0 Å². The third-order valence-electron chi connectivity index (χ3n) is 19.2. The topological polar surface area (TPSA) is 228 Å². The average molecular weight is 1390 g/mol. The fourth-order valence-electron chi connectivity index (χ4n) is 12.8. The third-order valence-corrected chi connectivity index (χ3v) is 19.2. The number of unbranched alkanes of at least 4 members (excludes halogenated alkanes) is 38. The lowest BCUT2D eigenvalue weighted by Gasteiger charge is -2.46. The van der Waals surface area contributed by atoms with Gasteiger partial charge in [-0.25, -0.2) is 0 Å². The summed E-state index contributed by atoms with van der Waals surface area (Å²) in [6.07, 6.45) is 81.6. The highest BCUT2D eigenvalue weighted by atomic mass is 16.7. The van der Waals surface area contributed by atoms with E-state index in [1.165, 1.54) is 205 Å². The summed E-state index contributed by atoms with van der Waals surface area (Å²) in [4.78, 5) is 13.4. The van der Waals surface area contributed by atoms with Crippen LogP contribution in [0, 0.1) is 0 Å². The van der Waals surface area contributed by atoms with Crippen LogP contribution in [0.25, 0.3) is 0 Å². The van der Waals surface area contributed by atoms with Gasteiger partial charge in [-0.3, -0.25) is 4.79 Å². The summed E-state index contributed by atoms with van der Waals surface area (Å²) in [5, 5.41) is 87.7. The van der Waals surface area contributed by atoms with Crippen LogP contribution in [0.3, 0.4) is 0 Å². The molecule has 0 aromatic heterocycles. The number of amides is 1. The van der Waals surface area contributed by atoms with Gasteiger partial charge in [-0.1, -0.05) is 348 Å². The molecule has 14 heteroatoms. The predicted octanol–water partition coefficient (Wildman–Crippen LogP) is 18.6. The van der Waals surface area contributed by atoms with Gasteiger partial charge in [0, 0.05) is 6.42 Å². The molecule has 1 amide bonds. The zero-order chi connectivity index (χ0) is 71.5. The molecule has 572 valence electrons. The van der Waals surface area contributed by atoms with Crippen LogP contribution >= 0.6 is 0 Å². The van der Waals surface area contributed by atoms with E-state index in [9.17, 15) is 45.6 Å². The number of allylic oxidation sites excluding steroid dienone is 17. The zero-order valence-electron chi connectivity index (χ0n) is 62.7. The lowest BCUT2D eigenvalue weighted by atomic mass is 9.97. The summed E-state index contributed by atoms with van der Waals surface area (Å²) < 4.78 is 22.9. The fraction of sp³-hybridized carbons (Fsp3) is 0.776. The Bertz CT molecular complexity index is 2080. The first-order chi connectivity index (χ1) is 48.6. The summed E-state index contributed by atoms with van der Waals surface area (Å²) in [7, 11) is 0. The monoisotopic (exact) mass is 1390 g/mol. The van der Waals surface area contributed by atoms with Crippen LogP contribution in [0.5, 0.6) is 0 Å². The summed E-state index contributed by atoms with van der Waals surface area (Å²) in [6.45, 7) is 2.72. The second-order valence-electron chi connectivity index (χ2n) is 28.2. The summed E-state index contributed by atoms with van der Waals surface area (Å²) in [6, 6.07) is -0.924. The highest BCUT2D eigenvalue weighted by molar-refractivity contribution is 5.76. The maximum Gasteiger partial charge on any atom is 0.220 e. The number of aliphatic hydroxyl groups is 8. The van der Waals surface area contributed by atoms with Gasteiger partial charge in [0.2, 0.25) is 5.91 Å². The SMILES string of the molecule is CC/C=C\C/C=C\C/C=C\C/C=C\C/C=C\C/C=C\C/C=C\C/C=C\CCCCCCCCCCCCCCC(=O)NC(COC1OC(CO)C(OC2OC(CO)C(O)C(O)C2O)C(O)C1O)C(O)/C=C/CCCCCCCCCCCCCCCCCCCCCCCCCCCC. The lowest BCUT2D eigenvalue weighted by molar-refractivity contribution is -0.359. The van der Waals surface area contributed by atoms with Crippen LogP contribution in [0.1, 0.15) is 328 Å². The van der Waals surface area contributed by atoms with Gasteiger partial charge in [-0.2, -0.15) is 0 Å². The van der Waals surface area contributed by atoms with Crippen molar-refractivity contribution in [3.63, 3.8) is 0 Å². The number of hydrogen-bond acceptors (Lipinski definition) is 13. The van der Waals surface area contributed by atoms with Crippen molar-refractivity contribution in [2.24, 2.45) is 0 Å². The molecule has 12 unspecified atom stereocenters. The Balaban J connectivity index is 1.62. The van der Waals surface area contributed by atoms with Crippen LogP contribution in [0.15, 0.2) is 109 Å². The molecule has 12 atom stereocenters. The molecule has 0 aromatic rings. The molecule has 2 rings (SSSR count). The van der Waals surface area contributed by atoms with Crippen LogP contribution in [0.2, 0.25) is 0 Å². The van der Waals surface area contributed by atoms with E-state index >= 15 is 0 Å². The maximum absolute atomic E-state index is 13.4. The molecule has 0 bridgehead atoms. The largest absolute Gasteiger partial charge is 0.394 e. The van der Waals surface area contributed by atoms with E-state index in [4.69, 9.17) is 18.9 Å². The predicted molar refractivity (Wildman–Crippen MR) is 410 cm³/mol. The maximum atomic E-state index is 13.4. The van der Waals surface area contributed by atoms with Crippen molar-refractivity contribution < 1.29 is 64.6 Å². The second-order valence-corrected chi connectivity index (χ2v) is 28.2. The minimum atomic E-state index is -1.79. The minimum Gasteiger partial charge on any atom is -0.394 e. The Morgan fingerprint density at radius 1 is 0.374 bits per heavy atom. The minimum absolute atomic E-state index is 0.241. The molecular weight excluding hydrogens is 1240 g/mol. The Hall–Kier alpha value is -3.35. The molecule has 0 radical (unpaired) electrons. The van der Waals surface area contributed by atoms with Crippen molar-refractivity contribution in [3.8, 4) is 0 Å². The summed E-state index contributed by atoms with van der Waals surface area (Å²) >= 11 is 0. The van der Waals surface area contributed by atoms with Gasteiger partial charge in [0.1, 0.15) is 48.8 Å². The number of ether oxygens (including phenoxy) is 4. The van der Waals surface area contributed by atoms with E-state index < -0.39 is 86.8 Å². The number of rotatable bonds is 67. The molecule has 2 heterocycles. The lowest BCUT2D eigenvalue weighted by Crippen LogP contribution is -2.65. The van der Waals surface area contributed by atoms with Crippen molar-refractivity contribution in [3.05, 3.63) is 109 Å². The molecule has 9 N–H and O–H groups in total. The molecule has 2 fully saturated rings. The molecule has 14 nitrogen and oxygen atoms in total. The van der Waals surface area contributed by atoms with Crippen molar-refractivity contribution in [1.82, 2.24) is 5.32 Å². The quantitative estimate of drug-likeness (QED) is 0.0204. The first kappa shape index (κ1) is 91.7. The molecular formula is C85H149NO13. The van der Waals surface area contributed by atoms with Crippen LogP contribution in [0.4, 0.5) is 0 Å². The number of carbonyl (C=O) groups is 1. The smallest absolute Gasteiger partial charge is 0.220 e. The van der Waals surface area contributed by atoms with Gasteiger partial charge < -0.3 is 65.1 Å². The van der Waals surface area contributed by atoms with Crippen molar-refractivity contribution >= 4 is 5.91 Å². The van der Waals surface area contributed by atoms with E-state index in [-0.39, 0.29) is 18.9 Å². The molecule has 0 aliphatic carbocycles. The molecule has 2 saturated heterocycles. The van der Waals surface area contributed by atoms with Crippen molar-refractivity contribution in [2.75, 3.05) is 19.8 Å². The van der Waals surface area contributed by atoms with E-state index in [1.807, 2.05) is 6.08 Å². The van der Waals surface area contributed by atoms with E-state index in [0.29, 0.717) is 6.42 Å². The van der Waals surface area contributed by atoms with Crippen molar-refractivity contribution in [1.29, 1.82) is 0 Å². The molecule has 0 spiro atoms. The van der Waals surface area contributed by atoms with E-state index in [2.05, 4.69) is 116 Å². The molecule has 99 heavy (non-hydrogen) atoms. The first-order valence-corrected chi connectivity index (χ1v) is 40.6. The Labute approximate surface area is 604 Å². The molecule has 0 saturated carbocycles. The highest BCUT2D eigenvalue weighted by Crippen LogP contribution is 2.30. The molecule has 2 aliphatic heterocycles. The highest BCUT2D eigenvalue weighted by Gasteiger charge is 2.51. The number of carbonyl (C=O) groups excluding carboxylic acids is 1. The number of aliphatic hydroxyl groups excluding tert-OH is 8. The molecule has 0 aromatic carbocycles. The second kappa shape index (κ2) is 67.8. The normalized spacial score (nSPS) is 22.5. The van der Waals surface area contributed by atoms with E-state index in [1.54, 1.807) is 6.08 Å². The Morgan fingerprint density at radius 2 is 0.697 bits per heavy atom. The van der Waals surface area contributed by atoms with Crippen molar-refractivity contribution in [2.45, 2.75) is 402 Å². The van der Waals surface area contributed by atoms with E-state index in [0.717, 1.165) is 96.3 Å². The number of hydrogen-bond donors (Lipinski definition) is 9. The van der Waals surface area contributed by atoms with Gasteiger partial charge >= 0.3 is 0 Å². The summed E-state index contributed by atoms with van der Waals surface area (Å²) in [5.74, 6) is -0.241. The van der Waals surface area contributed by atoms with Gasteiger partial charge in [0.15, 0.2) is 12.6 Å². The van der Waals surface area contributed by atoms with Gasteiger partial charge in [0.05, 0.1) is 32.0 Å². The van der Waals surface area contributed by atoms with Crippen LogP contribution in [-0.4, -0.2) is 140 Å². The first-order valence-electron chi connectivity index (χ1n) is 40.6. The Kier molecular flexibility index (Phi) is 62.8. The number of nitrogens with one attached hydrogen (secondary N) is 1. The van der Waals surface area contributed by atoms with Gasteiger partial charge in [0.25, 0.3) is 0 Å². The zero-order valence-corrected chi connectivity index (χ0v) is 62.7. The summed E-state index contributed by atoms with van der Waals surface area (Å²) in [5.41, 5.74) is 0. The fourth-order valence-corrected chi connectivity index (χ4v) is 12.8. The average Bonchev–Trinajstić information content (AvgIpc) is 0.793. The van der Waals surface area contributed by atoms with Gasteiger partial charge in [-0.05, 0) is 83.5 Å². The standard InChI is InChI=1S/C85H149NO13/c1-3-5-7-9-11-13-15-17-19-21-23-25-27-29-31-33-34-35-36-37-38-39-40-41-43-45-47-49-51-53-55-57-59-61-63-65-67-69-77(90)86-73(72-96-84-82(95)80(93)83(76(71-88)98-84)99-85-81(94)79(92)78(91)75(70-87)97-85)74(89)68-66-64-62-60-58-56-54-52-50-48-46-44-42-32-30-28-26-24-22-20-18-16-14-12-10-8-6-4-2/h5,7,11,13,17,19,23,25,29,31,34-35,37-38,40-41,66,68,73-76,78-85,87-89,91-95H,3-4,6,8-10,12,14-16,18,20-22,24,26-28,30,32-33,36,39,42-65,67,69-72H2,1-2H3,(H,86,90)/b7-5-,13-11-,19-17-,25-23-,31-29-,35-34-,38-37-,41-40-,68-66+. The van der Waals surface area contributed by atoms with Crippen LogP contribution < -0.4 is 5.32 Å². The third kappa shape index (κ3) is 50.7.